The molecule has 6 nitrogen and oxygen atoms in total. The molecule has 0 bridgehead atoms. The molecule has 1 unspecified atom stereocenters. The second-order valence-electron chi connectivity index (χ2n) is 6.72. The van der Waals surface area contributed by atoms with E-state index < -0.39 is 30.9 Å². The number of anilines is 1. The van der Waals surface area contributed by atoms with Crippen molar-refractivity contribution in [2.45, 2.75) is 25.4 Å². The lowest BCUT2D eigenvalue weighted by atomic mass is 9.93. The summed E-state index contributed by atoms with van der Waals surface area (Å²) in [5.74, 6) is -3.81. The molecule has 1 fully saturated rings. The highest BCUT2D eigenvalue weighted by molar-refractivity contribution is 5.68. The minimum Gasteiger partial charge on any atom is -0.445 e. The van der Waals surface area contributed by atoms with Gasteiger partial charge in [0, 0.05) is 37.0 Å². The van der Waals surface area contributed by atoms with E-state index in [1.807, 2.05) is 0 Å². The first-order valence-corrected chi connectivity index (χ1v) is 9.02. The Kier molecular flexibility index (Phi) is 6.50. The number of carbonyl (C=O) groups is 1. The van der Waals surface area contributed by atoms with Crippen molar-refractivity contribution in [1.29, 1.82) is 0 Å². The largest absolute Gasteiger partial charge is 0.445 e. The van der Waals surface area contributed by atoms with Gasteiger partial charge >= 0.3 is 6.09 Å². The van der Waals surface area contributed by atoms with Crippen molar-refractivity contribution in [3.8, 4) is 0 Å². The molecule has 1 aliphatic rings. The summed E-state index contributed by atoms with van der Waals surface area (Å²) >= 11 is 0. The summed E-state index contributed by atoms with van der Waals surface area (Å²) < 4.78 is 59.1. The molecule has 156 valence electrons. The number of amides is 1. The summed E-state index contributed by atoms with van der Waals surface area (Å²) in [6.45, 7) is -0.823. The Bertz CT molecular complexity index is 806. The second kappa shape index (κ2) is 9.06. The Morgan fingerprint density at radius 2 is 1.93 bits per heavy atom. The molecule has 2 heterocycles. The number of piperidine rings is 1. The van der Waals surface area contributed by atoms with Crippen LogP contribution in [-0.2, 0) is 11.3 Å². The molecule has 1 aromatic carbocycles. The summed E-state index contributed by atoms with van der Waals surface area (Å²) in [7, 11) is 0. The van der Waals surface area contributed by atoms with Crippen LogP contribution in [0.5, 0.6) is 0 Å². The minimum atomic E-state index is -3.10. The fourth-order valence-electron chi connectivity index (χ4n) is 2.99. The lowest BCUT2D eigenvalue weighted by molar-refractivity contribution is -0.102. The Labute approximate surface area is 164 Å². The molecule has 0 aliphatic carbocycles. The van der Waals surface area contributed by atoms with Crippen LogP contribution in [0, 0.1) is 5.92 Å². The quantitative estimate of drug-likeness (QED) is 0.723. The van der Waals surface area contributed by atoms with Crippen LogP contribution in [0.25, 0.3) is 0 Å². The number of rotatable bonds is 6. The van der Waals surface area contributed by atoms with Crippen LogP contribution in [0.2, 0.25) is 0 Å². The fraction of sp³-hybridized carbons (Fsp3) is 0.421. The lowest BCUT2D eigenvalue weighted by Gasteiger charge is -2.37. The van der Waals surface area contributed by atoms with E-state index in [4.69, 9.17) is 4.74 Å². The number of alkyl halides is 4. The predicted octanol–water partition coefficient (Wildman–Crippen LogP) is 4.12. The van der Waals surface area contributed by atoms with Gasteiger partial charge < -0.3 is 15.0 Å². The number of hydrogen-bond donors (Lipinski definition) is 1. The van der Waals surface area contributed by atoms with Gasteiger partial charge in [-0.2, -0.15) is 0 Å². The zero-order valence-electron chi connectivity index (χ0n) is 15.4. The summed E-state index contributed by atoms with van der Waals surface area (Å²) in [4.78, 5) is 21.0. The highest BCUT2D eigenvalue weighted by Crippen LogP contribution is 2.33. The zero-order valence-corrected chi connectivity index (χ0v) is 15.4. The number of halogens is 4. The molecule has 1 amide bonds. The van der Waals surface area contributed by atoms with Gasteiger partial charge in [-0.05, 0) is 18.1 Å². The van der Waals surface area contributed by atoms with Gasteiger partial charge in [0.1, 0.15) is 6.61 Å². The molecule has 1 saturated heterocycles. The van der Waals surface area contributed by atoms with Crippen LogP contribution >= 0.6 is 0 Å². The third kappa shape index (κ3) is 5.55. The Balaban J connectivity index is 1.49. The fourth-order valence-corrected chi connectivity index (χ4v) is 2.99. The average Bonchev–Trinajstić information content (AvgIpc) is 2.71. The van der Waals surface area contributed by atoms with E-state index in [1.165, 1.54) is 36.7 Å². The number of benzene rings is 1. The topological polar surface area (TPSA) is 67.3 Å². The normalized spacial score (nSPS) is 18.5. The van der Waals surface area contributed by atoms with Crippen molar-refractivity contribution in [3.05, 3.63) is 53.9 Å². The van der Waals surface area contributed by atoms with E-state index in [-0.39, 0.29) is 37.6 Å². The number of hydrogen-bond acceptors (Lipinski definition) is 5. The summed E-state index contributed by atoms with van der Waals surface area (Å²) in [6, 6.07) is 6.91. The van der Waals surface area contributed by atoms with Gasteiger partial charge in [-0.3, -0.25) is 0 Å². The Hall–Kier alpha value is -2.91. The lowest BCUT2D eigenvalue weighted by Crippen LogP contribution is -2.52. The molecule has 29 heavy (non-hydrogen) atoms. The zero-order chi connectivity index (χ0) is 20.9. The van der Waals surface area contributed by atoms with Crippen molar-refractivity contribution in [1.82, 2.24) is 14.9 Å². The van der Waals surface area contributed by atoms with Crippen molar-refractivity contribution < 1.29 is 27.1 Å². The number of ether oxygens (including phenoxy) is 1. The van der Waals surface area contributed by atoms with Gasteiger partial charge in [0.2, 0.25) is 5.95 Å². The highest BCUT2D eigenvalue weighted by Gasteiger charge is 2.46. The van der Waals surface area contributed by atoms with Gasteiger partial charge in [-0.15, -0.1) is 0 Å². The molecule has 3 rings (SSSR count). The van der Waals surface area contributed by atoms with Gasteiger partial charge in [-0.25, -0.2) is 32.3 Å². The third-order valence-electron chi connectivity index (χ3n) is 4.67. The molecule has 0 radical (unpaired) electrons. The number of likely N-dealkylation sites (tertiary alicyclic amines) is 1. The van der Waals surface area contributed by atoms with Gasteiger partial charge in [0.05, 0.1) is 6.54 Å². The Morgan fingerprint density at radius 3 is 2.55 bits per heavy atom. The van der Waals surface area contributed by atoms with Crippen LogP contribution in [-0.4, -0.2) is 46.5 Å². The van der Waals surface area contributed by atoms with E-state index >= 15 is 0 Å². The first kappa shape index (κ1) is 20.8. The standard InChI is InChI=1S/C19H20F4N4O2/c20-16(21)14-4-2-13(3-5-14)11-29-18(28)27-9-6-15(19(22,23)12-27)10-26-17-24-7-1-8-25-17/h1-5,7-8,15-16H,6,9-12H2,(H,24,25,26). The second-order valence-corrected chi connectivity index (χ2v) is 6.72. The van der Waals surface area contributed by atoms with Crippen LogP contribution in [0.1, 0.15) is 24.0 Å². The summed E-state index contributed by atoms with van der Waals surface area (Å²) in [5.41, 5.74) is 0.354. The maximum atomic E-state index is 14.5. The van der Waals surface area contributed by atoms with Gasteiger partial charge in [-0.1, -0.05) is 24.3 Å². The molecule has 1 atom stereocenters. The van der Waals surface area contributed by atoms with E-state index in [0.717, 1.165) is 4.90 Å². The SMILES string of the molecule is O=C(OCc1ccc(C(F)F)cc1)N1CCC(CNc2ncccn2)C(F)(F)C1. The molecular formula is C19H20F4N4O2. The van der Waals surface area contributed by atoms with Gasteiger partial charge in [0.25, 0.3) is 12.3 Å². The monoisotopic (exact) mass is 412 g/mol. The van der Waals surface area contributed by atoms with Crippen molar-refractivity contribution in [3.63, 3.8) is 0 Å². The van der Waals surface area contributed by atoms with E-state index in [9.17, 15) is 22.4 Å². The average molecular weight is 412 g/mol. The smallest absolute Gasteiger partial charge is 0.410 e. The van der Waals surface area contributed by atoms with Crippen LogP contribution in [0.15, 0.2) is 42.7 Å². The first-order chi connectivity index (χ1) is 13.8. The van der Waals surface area contributed by atoms with Crippen LogP contribution in [0.4, 0.5) is 28.3 Å². The summed E-state index contributed by atoms with van der Waals surface area (Å²) in [6.07, 6.45) is -0.343. The van der Waals surface area contributed by atoms with Crippen molar-refractivity contribution >= 4 is 12.0 Å². The van der Waals surface area contributed by atoms with Crippen LogP contribution < -0.4 is 5.32 Å². The number of nitrogens with one attached hydrogen (secondary N) is 1. The maximum absolute atomic E-state index is 14.5. The van der Waals surface area contributed by atoms with Crippen molar-refractivity contribution in [2.24, 2.45) is 5.92 Å². The van der Waals surface area contributed by atoms with E-state index in [0.29, 0.717) is 5.56 Å². The predicted molar refractivity (Wildman–Crippen MR) is 96.7 cm³/mol. The molecule has 2 aromatic rings. The van der Waals surface area contributed by atoms with Crippen LogP contribution in [0.3, 0.4) is 0 Å². The third-order valence-corrected chi connectivity index (χ3v) is 4.67. The van der Waals surface area contributed by atoms with Gasteiger partial charge in [0.15, 0.2) is 0 Å². The minimum absolute atomic E-state index is 0.0175. The number of carbonyl (C=O) groups excluding carboxylic acids is 1. The molecule has 1 aromatic heterocycles. The molecule has 10 heteroatoms. The van der Waals surface area contributed by atoms with E-state index in [1.54, 1.807) is 6.07 Å². The highest BCUT2D eigenvalue weighted by atomic mass is 19.3. The molecular weight excluding hydrogens is 392 g/mol. The number of aromatic nitrogens is 2. The first-order valence-electron chi connectivity index (χ1n) is 9.02. The molecule has 0 saturated carbocycles. The molecule has 1 aliphatic heterocycles. The molecule has 0 spiro atoms. The van der Waals surface area contributed by atoms with Crippen molar-refractivity contribution in [2.75, 3.05) is 25.0 Å². The number of nitrogens with zero attached hydrogens (tertiary/aromatic N) is 3. The molecule has 1 N–H and O–H groups in total. The Morgan fingerprint density at radius 1 is 1.24 bits per heavy atom. The maximum Gasteiger partial charge on any atom is 0.410 e. The van der Waals surface area contributed by atoms with E-state index in [2.05, 4.69) is 15.3 Å². The summed E-state index contributed by atoms with van der Waals surface area (Å²) in [5, 5.41) is 2.78.